The highest BCUT2D eigenvalue weighted by atomic mass is 32.2. The second-order valence-corrected chi connectivity index (χ2v) is 7.62. The van der Waals surface area contributed by atoms with E-state index in [1.54, 1.807) is 24.0 Å². The minimum Gasteiger partial charge on any atom is -0.465 e. The first-order chi connectivity index (χ1) is 12.2. The van der Waals surface area contributed by atoms with Crippen molar-refractivity contribution in [2.24, 2.45) is 0 Å². The second-order valence-electron chi connectivity index (χ2n) is 5.76. The van der Waals surface area contributed by atoms with E-state index >= 15 is 0 Å². The lowest BCUT2D eigenvalue weighted by Gasteiger charge is -2.27. The molecule has 0 bridgehead atoms. The number of nitrogens with one attached hydrogen (secondary N) is 1. The molecule has 9 heteroatoms. The molecule has 0 aliphatic rings. The fraction of sp³-hybridized carbons (Fsp3) is 0.529. The summed E-state index contributed by atoms with van der Waals surface area (Å²) in [4.78, 5) is 25.2. The molecule has 0 unspecified atom stereocenters. The third kappa shape index (κ3) is 7.30. The molecule has 0 atom stereocenters. The van der Waals surface area contributed by atoms with E-state index in [0.29, 0.717) is 6.54 Å². The number of nitrogens with zero attached hydrogens (tertiary/aromatic N) is 1. The molecule has 1 aromatic rings. The van der Waals surface area contributed by atoms with E-state index < -0.39 is 16.1 Å². The number of hydrogen-bond acceptors (Lipinski definition) is 6. The van der Waals surface area contributed by atoms with Crippen LogP contribution in [0.1, 0.15) is 33.3 Å². The van der Waals surface area contributed by atoms with Gasteiger partial charge in [0.15, 0.2) is 0 Å². The Labute approximate surface area is 154 Å². The molecule has 146 valence electrons. The van der Waals surface area contributed by atoms with Gasteiger partial charge in [-0.1, -0.05) is 12.1 Å². The van der Waals surface area contributed by atoms with Gasteiger partial charge in [0, 0.05) is 12.6 Å². The van der Waals surface area contributed by atoms with E-state index in [1.165, 1.54) is 19.1 Å². The number of hydrogen-bond donors (Lipinski definition) is 1. The molecule has 0 saturated carbocycles. The average molecular weight is 386 g/mol. The number of benzene rings is 1. The van der Waals surface area contributed by atoms with Crippen LogP contribution in [0.3, 0.4) is 0 Å². The van der Waals surface area contributed by atoms with E-state index in [-0.39, 0.29) is 36.7 Å². The predicted octanol–water partition coefficient (Wildman–Crippen LogP) is 1.90. The van der Waals surface area contributed by atoms with E-state index in [4.69, 9.17) is 8.92 Å². The van der Waals surface area contributed by atoms with Gasteiger partial charge in [-0.15, -0.1) is 0 Å². The van der Waals surface area contributed by atoms with Crippen molar-refractivity contribution in [3.63, 3.8) is 0 Å². The molecule has 26 heavy (non-hydrogen) atoms. The zero-order chi connectivity index (χ0) is 19.7. The van der Waals surface area contributed by atoms with Gasteiger partial charge >= 0.3 is 22.1 Å². The Hall–Kier alpha value is -2.29. The van der Waals surface area contributed by atoms with Crippen LogP contribution in [-0.2, 0) is 26.2 Å². The molecule has 0 fully saturated rings. The maximum Gasteiger partial charge on any atom is 0.325 e. The molecule has 0 aliphatic carbocycles. The van der Waals surface area contributed by atoms with E-state index in [0.717, 1.165) is 5.56 Å². The van der Waals surface area contributed by atoms with Gasteiger partial charge in [0.2, 0.25) is 0 Å². The van der Waals surface area contributed by atoms with Crippen LogP contribution in [0, 0.1) is 0 Å². The van der Waals surface area contributed by atoms with Gasteiger partial charge < -0.3 is 19.1 Å². The summed E-state index contributed by atoms with van der Waals surface area (Å²) < 4.78 is 32.6. The number of amides is 2. The predicted molar refractivity (Wildman–Crippen MR) is 97.2 cm³/mol. The van der Waals surface area contributed by atoms with Crippen molar-refractivity contribution in [1.82, 2.24) is 10.2 Å². The third-order valence-electron chi connectivity index (χ3n) is 3.43. The number of carbonyl (C=O) groups is 2. The SMILES string of the molecule is CCOC(=O)CNC(=O)N(Cc1ccc(OS(=O)(=O)CC)cc1)C(C)C. The minimum atomic E-state index is -3.57. The first-order valence-electron chi connectivity index (χ1n) is 8.39. The standard InChI is InChI=1S/C17H26N2O6S/c1-5-24-16(20)11-18-17(21)19(13(3)4)12-14-7-9-15(10-8-14)25-26(22,23)6-2/h7-10,13H,5-6,11-12H2,1-4H3,(H,18,21). The lowest BCUT2D eigenvalue weighted by molar-refractivity contribution is -0.141. The summed E-state index contributed by atoms with van der Waals surface area (Å²) in [5.41, 5.74) is 0.797. The van der Waals surface area contributed by atoms with Crippen molar-refractivity contribution < 1.29 is 26.9 Å². The van der Waals surface area contributed by atoms with Crippen LogP contribution in [0.15, 0.2) is 24.3 Å². The lowest BCUT2D eigenvalue weighted by atomic mass is 10.2. The number of urea groups is 1. The van der Waals surface area contributed by atoms with Crippen molar-refractivity contribution in [3.8, 4) is 5.75 Å². The molecule has 0 aromatic heterocycles. The summed E-state index contributed by atoms with van der Waals surface area (Å²) in [6.45, 7) is 7.26. The van der Waals surface area contributed by atoms with Gasteiger partial charge in [0.1, 0.15) is 12.3 Å². The van der Waals surface area contributed by atoms with E-state index in [2.05, 4.69) is 5.32 Å². The summed E-state index contributed by atoms with van der Waals surface area (Å²) >= 11 is 0. The summed E-state index contributed by atoms with van der Waals surface area (Å²) in [7, 11) is -3.57. The van der Waals surface area contributed by atoms with Gasteiger partial charge in [0.25, 0.3) is 0 Å². The Kier molecular flexibility index (Phi) is 8.37. The van der Waals surface area contributed by atoms with Crippen molar-refractivity contribution in [2.45, 2.75) is 40.3 Å². The molecule has 0 spiro atoms. The Morgan fingerprint density at radius 2 is 1.77 bits per heavy atom. The summed E-state index contributed by atoms with van der Waals surface area (Å²) in [5.74, 6) is -0.391. The molecule has 8 nitrogen and oxygen atoms in total. The summed E-state index contributed by atoms with van der Waals surface area (Å²) in [6.07, 6.45) is 0. The third-order valence-corrected chi connectivity index (χ3v) is 4.58. The van der Waals surface area contributed by atoms with Crippen molar-refractivity contribution >= 4 is 22.1 Å². The molecular weight excluding hydrogens is 360 g/mol. The maximum atomic E-state index is 12.3. The van der Waals surface area contributed by atoms with E-state index in [1.807, 2.05) is 13.8 Å². The monoisotopic (exact) mass is 386 g/mol. The van der Waals surface area contributed by atoms with Crippen LogP contribution < -0.4 is 9.50 Å². The fourth-order valence-electron chi connectivity index (χ4n) is 2.00. The van der Waals surface area contributed by atoms with Gasteiger partial charge in [-0.05, 0) is 45.4 Å². The first kappa shape index (κ1) is 21.8. The normalized spacial score (nSPS) is 11.1. The Bertz CT molecular complexity index is 700. The average Bonchev–Trinajstić information content (AvgIpc) is 2.58. The van der Waals surface area contributed by atoms with Crippen molar-refractivity contribution in [1.29, 1.82) is 0 Å². The van der Waals surface area contributed by atoms with E-state index in [9.17, 15) is 18.0 Å². The topological polar surface area (TPSA) is 102 Å². The molecule has 0 saturated heterocycles. The highest BCUT2D eigenvalue weighted by Crippen LogP contribution is 2.16. The molecule has 2 amide bonds. The highest BCUT2D eigenvalue weighted by molar-refractivity contribution is 7.87. The zero-order valence-corrected chi connectivity index (χ0v) is 16.3. The number of rotatable bonds is 9. The van der Waals surface area contributed by atoms with Crippen LogP contribution in [0.2, 0.25) is 0 Å². The zero-order valence-electron chi connectivity index (χ0n) is 15.5. The van der Waals surface area contributed by atoms with Crippen LogP contribution in [0.5, 0.6) is 5.75 Å². The molecule has 1 rings (SSSR count). The van der Waals surface area contributed by atoms with Gasteiger partial charge in [0.05, 0.1) is 12.4 Å². The number of carbonyl (C=O) groups excluding carboxylic acids is 2. The lowest BCUT2D eigenvalue weighted by Crippen LogP contribution is -2.45. The molecule has 0 heterocycles. The number of esters is 1. The van der Waals surface area contributed by atoms with Gasteiger partial charge in [-0.25, -0.2) is 4.79 Å². The molecule has 1 N–H and O–H groups in total. The Balaban J connectivity index is 2.72. The first-order valence-corrected chi connectivity index (χ1v) is 9.97. The van der Waals surface area contributed by atoms with Gasteiger partial charge in [-0.2, -0.15) is 8.42 Å². The molecule has 0 radical (unpaired) electrons. The quantitative estimate of drug-likeness (QED) is 0.514. The maximum absolute atomic E-state index is 12.3. The Morgan fingerprint density at radius 3 is 2.27 bits per heavy atom. The van der Waals surface area contributed by atoms with Crippen molar-refractivity contribution in [3.05, 3.63) is 29.8 Å². The summed E-state index contributed by atoms with van der Waals surface area (Å²) in [5, 5.41) is 2.53. The molecule has 1 aromatic carbocycles. The van der Waals surface area contributed by atoms with Crippen LogP contribution >= 0.6 is 0 Å². The van der Waals surface area contributed by atoms with Crippen LogP contribution in [-0.4, -0.2) is 50.3 Å². The fourth-order valence-corrected chi connectivity index (χ4v) is 2.53. The number of ether oxygens (including phenoxy) is 1. The minimum absolute atomic E-state index is 0.103. The van der Waals surface area contributed by atoms with Crippen molar-refractivity contribution in [2.75, 3.05) is 18.9 Å². The van der Waals surface area contributed by atoms with Crippen LogP contribution in [0.25, 0.3) is 0 Å². The molecular formula is C17H26N2O6S. The highest BCUT2D eigenvalue weighted by Gasteiger charge is 2.18. The van der Waals surface area contributed by atoms with Crippen LogP contribution in [0.4, 0.5) is 4.79 Å². The second kappa shape index (κ2) is 10.0. The molecule has 0 aliphatic heterocycles. The largest absolute Gasteiger partial charge is 0.465 e. The Morgan fingerprint density at radius 1 is 1.15 bits per heavy atom. The smallest absolute Gasteiger partial charge is 0.325 e. The van der Waals surface area contributed by atoms with Gasteiger partial charge in [-0.3, -0.25) is 4.79 Å². The summed E-state index contributed by atoms with van der Waals surface area (Å²) in [6, 6.07) is 5.97.